The van der Waals surface area contributed by atoms with Gasteiger partial charge in [-0.2, -0.15) is 17.5 Å². The molecule has 2 rings (SSSR count). The zero-order chi connectivity index (χ0) is 20.1. The van der Waals surface area contributed by atoms with Crippen molar-refractivity contribution in [3.05, 3.63) is 0 Å². The van der Waals surface area contributed by atoms with E-state index < -0.39 is 15.5 Å². The number of hydrogen-bond donors (Lipinski definition) is 2. The minimum absolute atomic E-state index is 0. The summed E-state index contributed by atoms with van der Waals surface area (Å²) < 4.78 is 67.0. The molecule has 0 amide bonds. The summed E-state index contributed by atoms with van der Waals surface area (Å²) >= 11 is 0. The van der Waals surface area contributed by atoms with Crippen molar-refractivity contribution in [2.45, 2.75) is 37.4 Å². The van der Waals surface area contributed by atoms with Gasteiger partial charge >= 0.3 is 15.5 Å². The Morgan fingerprint density at radius 2 is 1.89 bits per heavy atom. The Morgan fingerprint density at radius 3 is 2.43 bits per heavy atom. The second-order valence-corrected chi connectivity index (χ2v) is 8.67. The standard InChI is InChI=1S/C15H28F3N5O3S.HI/c1-3-19-14(20-10-13-11-22(2)8-9-26-13)21-12-4-6-23(7-5-12)27(24,25)15(16,17)18;/h12-13H,3-11H2,1-2H3,(H2,19,20,21);1H. The predicted molar refractivity (Wildman–Crippen MR) is 111 cm³/mol. The van der Waals surface area contributed by atoms with Gasteiger partial charge in [-0.15, -0.1) is 24.0 Å². The summed E-state index contributed by atoms with van der Waals surface area (Å²) in [7, 11) is -3.23. The highest BCUT2D eigenvalue weighted by molar-refractivity contribution is 14.0. The number of ether oxygens (including phenoxy) is 1. The molecule has 8 nitrogen and oxygen atoms in total. The fourth-order valence-electron chi connectivity index (χ4n) is 3.07. The summed E-state index contributed by atoms with van der Waals surface area (Å²) in [4.78, 5) is 6.67. The highest BCUT2D eigenvalue weighted by Gasteiger charge is 2.50. The second kappa shape index (κ2) is 11.1. The Bertz CT molecular complexity index is 613. The number of hydrogen-bond acceptors (Lipinski definition) is 5. The molecule has 0 radical (unpaired) electrons. The number of halogens is 4. The molecule has 2 saturated heterocycles. The third kappa shape index (κ3) is 7.15. The molecule has 1 unspecified atom stereocenters. The van der Waals surface area contributed by atoms with E-state index in [2.05, 4.69) is 20.5 Å². The molecule has 1 atom stereocenters. The summed E-state index contributed by atoms with van der Waals surface area (Å²) in [5.74, 6) is 0.562. The molecule has 2 aliphatic heterocycles. The molecule has 0 spiro atoms. The number of sulfonamides is 1. The van der Waals surface area contributed by atoms with Crippen LogP contribution in [-0.2, 0) is 14.8 Å². The van der Waals surface area contributed by atoms with Gasteiger partial charge in [0.05, 0.1) is 19.3 Å². The molecular weight excluding hydrogens is 514 g/mol. The van der Waals surface area contributed by atoms with Crippen LogP contribution < -0.4 is 10.6 Å². The smallest absolute Gasteiger partial charge is 0.374 e. The van der Waals surface area contributed by atoms with Gasteiger partial charge in [-0.3, -0.25) is 4.99 Å². The molecule has 2 fully saturated rings. The van der Waals surface area contributed by atoms with Gasteiger partial charge in [-0.25, -0.2) is 8.42 Å². The van der Waals surface area contributed by atoms with Crippen molar-refractivity contribution in [1.29, 1.82) is 0 Å². The fourth-order valence-corrected chi connectivity index (χ4v) is 4.05. The highest BCUT2D eigenvalue weighted by Crippen LogP contribution is 2.28. The number of nitrogens with zero attached hydrogens (tertiary/aromatic N) is 3. The highest BCUT2D eigenvalue weighted by atomic mass is 127. The van der Waals surface area contributed by atoms with Crippen molar-refractivity contribution in [3.8, 4) is 0 Å². The van der Waals surface area contributed by atoms with Crippen LogP contribution >= 0.6 is 24.0 Å². The first-order valence-corrected chi connectivity index (χ1v) is 10.5. The van der Waals surface area contributed by atoms with E-state index in [4.69, 9.17) is 4.74 Å². The third-order valence-electron chi connectivity index (χ3n) is 4.57. The first kappa shape index (κ1) is 25.7. The number of aliphatic imine (C=N–C) groups is 1. The average molecular weight is 543 g/mol. The summed E-state index contributed by atoms with van der Waals surface area (Å²) in [6.07, 6.45) is 0.558. The van der Waals surface area contributed by atoms with E-state index >= 15 is 0 Å². The van der Waals surface area contributed by atoms with Crippen molar-refractivity contribution < 1.29 is 26.3 Å². The molecule has 0 aromatic heterocycles. The molecule has 166 valence electrons. The van der Waals surface area contributed by atoms with Crippen LogP contribution in [0.1, 0.15) is 19.8 Å². The van der Waals surface area contributed by atoms with E-state index in [-0.39, 0.29) is 62.1 Å². The number of likely N-dealkylation sites (N-methyl/N-ethyl adjacent to an activating group) is 1. The zero-order valence-corrected chi connectivity index (χ0v) is 19.2. The van der Waals surface area contributed by atoms with Crippen molar-refractivity contribution >= 4 is 40.0 Å². The number of guanidine groups is 1. The third-order valence-corrected chi connectivity index (χ3v) is 6.20. The van der Waals surface area contributed by atoms with E-state index in [9.17, 15) is 21.6 Å². The normalized spacial score (nSPS) is 23.9. The van der Waals surface area contributed by atoms with Gasteiger partial charge < -0.3 is 20.3 Å². The molecular formula is C15H29F3IN5O3S. The fraction of sp³-hybridized carbons (Fsp3) is 0.933. The monoisotopic (exact) mass is 543 g/mol. The van der Waals surface area contributed by atoms with E-state index in [1.807, 2.05) is 14.0 Å². The van der Waals surface area contributed by atoms with Crippen molar-refractivity contribution in [3.63, 3.8) is 0 Å². The van der Waals surface area contributed by atoms with Gasteiger partial charge in [0, 0.05) is 38.8 Å². The number of alkyl halides is 3. The zero-order valence-electron chi connectivity index (χ0n) is 16.0. The predicted octanol–water partition coefficient (Wildman–Crippen LogP) is 0.804. The maximum absolute atomic E-state index is 12.6. The maximum Gasteiger partial charge on any atom is 0.511 e. The molecule has 2 N–H and O–H groups in total. The molecule has 28 heavy (non-hydrogen) atoms. The Morgan fingerprint density at radius 1 is 1.25 bits per heavy atom. The van der Waals surface area contributed by atoms with Crippen LogP contribution in [0.25, 0.3) is 0 Å². The molecule has 2 aliphatic rings. The summed E-state index contributed by atoms with van der Waals surface area (Å²) in [6, 6.07) is -0.141. The second-order valence-electron chi connectivity index (χ2n) is 6.74. The first-order valence-electron chi connectivity index (χ1n) is 9.05. The van der Waals surface area contributed by atoms with Crippen LogP contribution in [0, 0.1) is 0 Å². The molecule has 2 heterocycles. The van der Waals surface area contributed by atoms with Crippen LogP contribution in [0.5, 0.6) is 0 Å². The van der Waals surface area contributed by atoms with Crippen LogP contribution in [0.15, 0.2) is 4.99 Å². The van der Waals surface area contributed by atoms with E-state index in [1.165, 1.54) is 0 Å². The van der Waals surface area contributed by atoms with E-state index in [0.717, 1.165) is 13.1 Å². The minimum atomic E-state index is -5.25. The molecule has 13 heteroatoms. The molecule has 0 aromatic rings. The van der Waals surface area contributed by atoms with Gasteiger partial charge in [0.25, 0.3) is 0 Å². The Kier molecular flexibility index (Phi) is 10.2. The maximum atomic E-state index is 12.6. The van der Waals surface area contributed by atoms with Crippen LogP contribution in [0.4, 0.5) is 13.2 Å². The van der Waals surface area contributed by atoms with Gasteiger partial charge in [0.1, 0.15) is 0 Å². The number of morpholine rings is 1. The lowest BCUT2D eigenvalue weighted by molar-refractivity contribution is -0.0494. The Labute approximate surface area is 181 Å². The summed E-state index contributed by atoms with van der Waals surface area (Å²) in [6.45, 7) is 5.02. The largest absolute Gasteiger partial charge is 0.511 e. The van der Waals surface area contributed by atoms with Crippen LogP contribution in [0.3, 0.4) is 0 Å². The average Bonchev–Trinajstić information content (AvgIpc) is 2.59. The number of rotatable bonds is 5. The van der Waals surface area contributed by atoms with Crippen LogP contribution in [0.2, 0.25) is 0 Å². The minimum Gasteiger partial charge on any atom is -0.374 e. The number of piperidine rings is 1. The lowest BCUT2D eigenvalue weighted by Gasteiger charge is -2.33. The lowest BCUT2D eigenvalue weighted by atomic mass is 10.1. The Hall–Kier alpha value is -0.380. The van der Waals surface area contributed by atoms with Gasteiger partial charge in [0.15, 0.2) is 5.96 Å². The van der Waals surface area contributed by atoms with Crippen LogP contribution in [-0.4, -0.2) is 94.2 Å². The van der Waals surface area contributed by atoms with Crippen molar-refractivity contribution in [2.75, 3.05) is 52.9 Å². The van der Waals surface area contributed by atoms with E-state index in [1.54, 1.807) is 0 Å². The number of nitrogens with one attached hydrogen (secondary N) is 2. The Balaban J connectivity index is 0.00000392. The first-order chi connectivity index (χ1) is 12.6. The van der Waals surface area contributed by atoms with Gasteiger partial charge in [-0.1, -0.05) is 0 Å². The van der Waals surface area contributed by atoms with E-state index in [0.29, 0.717) is 30.0 Å². The SMILES string of the molecule is CCNC(=NCC1CN(C)CCO1)NC1CCN(S(=O)(=O)C(F)(F)F)CC1.I. The van der Waals surface area contributed by atoms with Crippen molar-refractivity contribution in [1.82, 2.24) is 19.8 Å². The molecule has 0 aromatic carbocycles. The van der Waals surface area contributed by atoms with Gasteiger partial charge in [-0.05, 0) is 26.8 Å². The lowest BCUT2D eigenvalue weighted by Crippen LogP contribution is -2.52. The summed E-state index contributed by atoms with van der Waals surface area (Å²) in [5, 5.41) is 6.29. The quantitative estimate of drug-likeness (QED) is 0.304. The molecule has 0 bridgehead atoms. The van der Waals surface area contributed by atoms with Crippen molar-refractivity contribution in [2.24, 2.45) is 4.99 Å². The summed E-state index contributed by atoms with van der Waals surface area (Å²) in [5.41, 5.74) is -5.25. The van der Waals surface area contributed by atoms with Gasteiger partial charge in [0.2, 0.25) is 0 Å². The molecule has 0 saturated carbocycles. The topological polar surface area (TPSA) is 86.3 Å². The molecule has 0 aliphatic carbocycles.